The highest BCUT2D eigenvalue weighted by atomic mass is 35.5. The number of piperazine rings is 1. The maximum atomic E-state index is 13.7. The molecule has 26 heavy (non-hydrogen) atoms. The number of carbonyl (C=O) groups is 1. The molecule has 0 bridgehead atoms. The van der Waals surface area contributed by atoms with E-state index in [0.29, 0.717) is 0 Å². The highest BCUT2D eigenvalue weighted by Gasteiger charge is 2.22. The summed E-state index contributed by atoms with van der Waals surface area (Å²) in [7, 11) is 0. The van der Waals surface area contributed by atoms with Crippen molar-refractivity contribution in [3.63, 3.8) is 0 Å². The summed E-state index contributed by atoms with van der Waals surface area (Å²) in [6.45, 7) is 10.5. The van der Waals surface area contributed by atoms with Crippen LogP contribution >= 0.6 is 37.2 Å². The third kappa shape index (κ3) is 7.08. The molecule has 2 rings (SSSR count). The van der Waals surface area contributed by atoms with Crippen molar-refractivity contribution in [2.75, 3.05) is 37.6 Å². The summed E-state index contributed by atoms with van der Waals surface area (Å²) in [5, 5.41) is 2.85. The van der Waals surface area contributed by atoms with Crippen LogP contribution in [0.3, 0.4) is 0 Å². The van der Waals surface area contributed by atoms with Gasteiger partial charge in [0.1, 0.15) is 5.82 Å². The van der Waals surface area contributed by atoms with E-state index in [1.54, 1.807) is 13.0 Å². The van der Waals surface area contributed by atoms with Crippen molar-refractivity contribution in [3.8, 4) is 0 Å². The van der Waals surface area contributed by atoms with Crippen molar-refractivity contribution >= 4 is 48.8 Å². The minimum atomic E-state index is -0.581. The third-order valence-corrected chi connectivity index (χ3v) is 4.39. The van der Waals surface area contributed by atoms with E-state index < -0.39 is 6.04 Å². The number of nitrogens with zero attached hydrogens (tertiary/aromatic N) is 2. The second-order valence-corrected chi connectivity index (χ2v) is 6.14. The summed E-state index contributed by atoms with van der Waals surface area (Å²) in [5.74, 6) is -0.527. The molecule has 0 aromatic heterocycles. The molecule has 5 nitrogen and oxygen atoms in total. The van der Waals surface area contributed by atoms with E-state index in [1.807, 2.05) is 6.92 Å². The van der Waals surface area contributed by atoms with E-state index in [4.69, 9.17) is 5.73 Å². The van der Waals surface area contributed by atoms with Gasteiger partial charge in [0, 0.05) is 37.4 Å². The van der Waals surface area contributed by atoms with Crippen LogP contribution in [0.15, 0.2) is 18.2 Å². The Morgan fingerprint density at radius 3 is 2.27 bits per heavy atom. The average molecular weight is 432 g/mol. The van der Waals surface area contributed by atoms with Crippen LogP contribution in [0, 0.1) is 5.82 Å². The Balaban J connectivity index is 0. The Bertz CT molecular complexity index is 555. The maximum Gasteiger partial charge on any atom is 0.237 e. The van der Waals surface area contributed by atoms with E-state index in [1.165, 1.54) is 12.1 Å². The van der Waals surface area contributed by atoms with Gasteiger partial charge in [-0.25, -0.2) is 4.39 Å². The topological polar surface area (TPSA) is 61.6 Å². The van der Waals surface area contributed by atoms with Gasteiger partial charge in [-0.2, -0.15) is 0 Å². The van der Waals surface area contributed by atoms with Crippen LogP contribution < -0.4 is 16.0 Å². The predicted octanol–water partition coefficient (Wildman–Crippen LogP) is 2.76. The molecule has 1 aromatic carbocycles. The lowest BCUT2D eigenvalue weighted by Gasteiger charge is -2.37. The standard InChI is InChI=1S/C17H27FN4O.3ClH/c1-4-21-7-9-22(10-8-21)16-6-5-14(18)11-15(16)13(3)20-17(23)12(2)19;;;/h5-6,11-13H,4,7-10,19H2,1-3H3,(H,20,23);3*1H/t12-,13?;;;/m1.../s1. The van der Waals surface area contributed by atoms with Gasteiger partial charge in [-0.1, -0.05) is 6.92 Å². The molecule has 1 aliphatic rings. The number of anilines is 1. The van der Waals surface area contributed by atoms with Crippen LogP contribution in [-0.4, -0.2) is 49.6 Å². The minimum absolute atomic E-state index is 0. The molecule has 1 aliphatic heterocycles. The van der Waals surface area contributed by atoms with Gasteiger partial charge in [0.05, 0.1) is 12.1 Å². The third-order valence-electron chi connectivity index (χ3n) is 4.39. The van der Waals surface area contributed by atoms with Crippen molar-refractivity contribution in [1.82, 2.24) is 10.2 Å². The number of benzene rings is 1. The molecule has 9 heteroatoms. The van der Waals surface area contributed by atoms with Crippen LogP contribution in [0.1, 0.15) is 32.4 Å². The first-order chi connectivity index (χ1) is 10.9. The monoisotopic (exact) mass is 430 g/mol. The van der Waals surface area contributed by atoms with Crippen molar-refractivity contribution < 1.29 is 9.18 Å². The van der Waals surface area contributed by atoms with Crippen molar-refractivity contribution in [1.29, 1.82) is 0 Å². The molecular formula is C17H30Cl3FN4O. The fraction of sp³-hybridized carbons (Fsp3) is 0.588. The van der Waals surface area contributed by atoms with Crippen LogP contribution in [0.5, 0.6) is 0 Å². The molecule has 0 spiro atoms. The first kappa shape index (κ1) is 27.4. The van der Waals surface area contributed by atoms with E-state index in [2.05, 4.69) is 22.0 Å². The van der Waals surface area contributed by atoms with Crippen LogP contribution in [0.25, 0.3) is 0 Å². The lowest BCUT2D eigenvalue weighted by molar-refractivity contribution is -0.122. The van der Waals surface area contributed by atoms with Gasteiger partial charge in [0.15, 0.2) is 0 Å². The van der Waals surface area contributed by atoms with Gasteiger partial charge in [-0.3, -0.25) is 4.79 Å². The molecular weight excluding hydrogens is 402 g/mol. The number of halogens is 4. The Morgan fingerprint density at radius 2 is 1.77 bits per heavy atom. The highest BCUT2D eigenvalue weighted by Crippen LogP contribution is 2.28. The number of nitrogens with one attached hydrogen (secondary N) is 1. The smallest absolute Gasteiger partial charge is 0.237 e. The first-order valence-corrected chi connectivity index (χ1v) is 8.25. The number of likely N-dealkylation sites (N-methyl/N-ethyl adjacent to an activating group) is 1. The number of rotatable bonds is 5. The lowest BCUT2D eigenvalue weighted by atomic mass is 10.0. The normalized spacial score (nSPS) is 16.4. The number of hydrogen-bond donors (Lipinski definition) is 2. The van der Waals surface area contributed by atoms with E-state index in [0.717, 1.165) is 44.0 Å². The van der Waals surface area contributed by atoms with E-state index >= 15 is 0 Å². The summed E-state index contributed by atoms with van der Waals surface area (Å²) in [4.78, 5) is 16.5. The van der Waals surface area contributed by atoms with Gasteiger partial charge in [0.2, 0.25) is 5.91 Å². The Kier molecular flexibility index (Phi) is 13.3. The predicted molar refractivity (Wildman–Crippen MR) is 113 cm³/mol. The molecule has 3 N–H and O–H groups in total. The lowest BCUT2D eigenvalue weighted by Crippen LogP contribution is -2.47. The molecule has 1 aromatic rings. The number of nitrogens with two attached hydrogens (primary N) is 1. The van der Waals surface area contributed by atoms with Crippen LogP contribution in [0.2, 0.25) is 0 Å². The SMILES string of the molecule is CCN1CCN(c2ccc(F)cc2C(C)NC(=O)[C@@H](C)N)CC1.Cl.Cl.Cl. The maximum absolute atomic E-state index is 13.7. The summed E-state index contributed by atoms with van der Waals surface area (Å²) in [6, 6.07) is 3.92. The van der Waals surface area contributed by atoms with E-state index in [9.17, 15) is 9.18 Å². The van der Waals surface area contributed by atoms with Crippen molar-refractivity contribution in [3.05, 3.63) is 29.6 Å². The Morgan fingerprint density at radius 1 is 1.19 bits per heavy atom. The second kappa shape index (κ2) is 12.6. The summed E-state index contributed by atoms with van der Waals surface area (Å²) in [5.41, 5.74) is 7.38. The molecule has 0 saturated carbocycles. The number of hydrogen-bond acceptors (Lipinski definition) is 4. The fourth-order valence-electron chi connectivity index (χ4n) is 2.89. The molecule has 2 atom stereocenters. The Labute approximate surface area is 174 Å². The fourth-order valence-corrected chi connectivity index (χ4v) is 2.89. The largest absolute Gasteiger partial charge is 0.369 e. The van der Waals surface area contributed by atoms with Crippen molar-refractivity contribution in [2.24, 2.45) is 5.73 Å². The molecule has 1 saturated heterocycles. The van der Waals surface area contributed by atoms with Crippen LogP contribution in [-0.2, 0) is 4.79 Å². The molecule has 0 radical (unpaired) electrons. The summed E-state index contributed by atoms with van der Waals surface area (Å²) in [6.07, 6.45) is 0. The molecule has 0 aliphatic carbocycles. The average Bonchev–Trinajstić information content (AvgIpc) is 2.54. The van der Waals surface area contributed by atoms with Gasteiger partial charge in [0.25, 0.3) is 0 Å². The van der Waals surface area contributed by atoms with Gasteiger partial charge >= 0.3 is 0 Å². The quantitative estimate of drug-likeness (QED) is 0.752. The molecule has 152 valence electrons. The first-order valence-electron chi connectivity index (χ1n) is 8.25. The summed E-state index contributed by atoms with van der Waals surface area (Å²) >= 11 is 0. The molecule has 1 unspecified atom stereocenters. The molecule has 1 heterocycles. The van der Waals surface area contributed by atoms with Crippen LogP contribution in [0.4, 0.5) is 10.1 Å². The van der Waals surface area contributed by atoms with Gasteiger partial charge < -0.3 is 20.9 Å². The number of carbonyl (C=O) groups excluding carboxylic acids is 1. The zero-order valence-electron chi connectivity index (χ0n) is 15.4. The zero-order valence-corrected chi connectivity index (χ0v) is 17.9. The second-order valence-electron chi connectivity index (χ2n) is 6.14. The zero-order chi connectivity index (χ0) is 17.0. The van der Waals surface area contributed by atoms with E-state index in [-0.39, 0.29) is 55.0 Å². The Hall–Kier alpha value is -0.790. The molecule has 1 amide bonds. The van der Waals surface area contributed by atoms with Gasteiger partial charge in [-0.15, -0.1) is 37.2 Å². The van der Waals surface area contributed by atoms with Crippen molar-refractivity contribution in [2.45, 2.75) is 32.9 Å². The molecule has 1 fully saturated rings. The number of amides is 1. The highest BCUT2D eigenvalue weighted by molar-refractivity contribution is 5.86. The van der Waals surface area contributed by atoms with Gasteiger partial charge in [-0.05, 0) is 38.6 Å². The summed E-state index contributed by atoms with van der Waals surface area (Å²) < 4.78 is 13.7. The minimum Gasteiger partial charge on any atom is -0.369 e.